The fraction of sp³-hybridized carbons (Fsp3) is 0.500. The molecule has 1 unspecified atom stereocenters. The number of hydrogen-bond donors (Lipinski definition) is 1. The normalized spacial score (nSPS) is 21.5. The first-order chi connectivity index (χ1) is 16.8. The Kier molecular flexibility index (Phi) is 7.83. The second-order valence-electron chi connectivity index (χ2n) is 9.37. The van der Waals surface area contributed by atoms with Crippen molar-refractivity contribution in [2.75, 3.05) is 32.1 Å². The lowest BCUT2D eigenvalue weighted by atomic mass is 9.87. The van der Waals surface area contributed by atoms with Crippen LogP contribution in [0.4, 0.5) is 19.4 Å². The Morgan fingerprint density at radius 1 is 1.26 bits per heavy atom. The van der Waals surface area contributed by atoms with Crippen molar-refractivity contribution in [2.24, 2.45) is 11.8 Å². The van der Waals surface area contributed by atoms with Gasteiger partial charge in [0.1, 0.15) is 5.75 Å². The number of carbonyl (C=O) groups is 1. The highest BCUT2D eigenvalue weighted by Gasteiger charge is 2.35. The second kappa shape index (κ2) is 11.0. The van der Waals surface area contributed by atoms with Crippen LogP contribution in [-0.4, -0.2) is 53.6 Å². The lowest BCUT2D eigenvalue weighted by Gasteiger charge is -2.33. The molecule has 1 aromatic heterocycles. The maximum Gasteiger partial charge on any atom is 0.323 e. The van der Waals surface area contributed by atoms with Crippen LogP contribution in [0.5, 0.6) is 11.6 Å². The van der Waals surface area contributed by atoms with Crippen molar-refractivity contribution in [2.45, 2.75) is 45.0 Å². The molecule has 4 rings (SSSR count). The average Bonchev–Trinajstić information content (AvgIpc) is 2.85. The average molecular weight is 487 g/mol. The number of nitrogens with zero attached hydrogens (tertiary/aromatic N) is 3. The predicted molar refractivity (Wildman–Crippen MR) is 130 cm³/mol. The number of amides is 2. The molecule has 188 valence electrons. The number of urea groups is 1. The van der Waals surface area contributed by atoms with Crippen LogP contribution in [0.25, 0.3) is 6.08 Å². The Hall–Kier alpha value is -3.23. The predicted octanol–water partition coefficient (Wildman–Crippen LogP) is 5.65. The molecule has 2 amide bonds. The minimum Gasteiger partial charge on any atom is -0.493 e. The zero-order chi connectivity index (χ0) is 24.8. The molecule has 1 atom stereocenters. The zero-order valence-electron chi connectivity index (χ0n) is 20.2. The molecule has 0 radical (unpaired) electrons. The van der Waals surface area contributed by atoms with Gasteiger partial charge in [0.25, 0.3) is 0 Å². The second-order valence-corrected chi connectivity index (χ2v) is 9.37. The lowest BCUT2D eigenvalue weighted by Crippen LogP contribution is -2.42. The highest BCUT2D eigenvalue weighted by atomic mass is 19.3. The first-order valence-electron chi connectivity index (χ1n) is 12.0. The van der Waals surface area contributed by atoms with Crippen molar-refractivity contribution in [3.8, 4) is 11.6 Å². The van der Waals surface area contributed by atoms with Crippen LogP contribution in [0, 0.1) is 11.8 Å². The minimum absolute atomic E-state index is 0.0480. The third kappa shape index (κ3) is 6.90. The Balaban J connectivity index is 1.29. The van der Waals surface area contributed by atoms with E-state index in [2.05, 4.69) is 28.3 Å². The van der Waals surface area contributed by atoms with Gasteiger partial charge in [0.05, 0.1) is 26.1 Å². The minimum atomic E-state index is -2.51. The van der Waals surface area contributed by atoms with Gasteiger partial charge < -0.3 is 14.4 Å². The first-order valence-corrected chi connectivity index (χ1v) is 12.0. The van der Waals surface area contributed by atoms with Gasteiger partial charge in [-0.3, -0.25) is 5.32 Å². The number of aromatic nitrogens is 2. The van der Waals surface area contributed by atoms with Crippen LogP contribution < -0.4 is 14.8 Å². The molecule has 1 saturated heterocycles. The van der Waals surface area contributed by atoms with Gasteiger partial charge in [-0.15, -0.1) is 0 Å². The smallest absolute Gasteiger partial charge is 0.323 e. The van der Waals surface area contributed by atoms with Crippen molar-refractivity contribution < 1.29 is 23.0 Å². The van der Waals surface area contributed by atoms with Crippen LogP contribution >= 0.6 is 0 Å². The standard InChI is InChI=1S/C26H32F2N4O3/c1-18-16-32(25(33)31-23-14-30-24(34-2)15-29-23)11-8-21(18)12-20-4-3-5-22(13-20)35-17-19-6-9-26(27,28)10-7-19/h3-5,12-15,18-19H,6-11,16-17H2,1-2H3,(H,29,31,33). The van der Waals surface area contributed by atoms with E-state index < -0.39 is 5.92 Å². The van der Waals surface area contributed by atoms with E-state index in [-0.39, 0.29) is 30.7 Å². The number of likely N-dealkylation sites (tertiary alicyclic amines) is 1. The maximum atomic E-state index is 13.4. The molecule has 1 aromatic carbocycles. The van der Waals surface area contributed by atoms with Gasteiger partial charge in [0.15, 0.2) is 5.82 Å². The van der Waals surface area contributed by atoms with E-state index in [0.29, 0.717) is 44.2 Å². The van der Waals surface area contributed by atoms with E-state index in [1.54, 1.807) is 4.90 Å². The highest BCUT2D eigenvalue weighted by Crippen LogP contribution is 2.36. The van der Waals surface area contributed by atoms with E-state index in [9.17, 15) is 13.6 Å². The SMILES string of the molecule is COc1cnc(NC(=O)N2CCC(=Cc3cccc(OCC4CCC(F)(F)CC4)c3)C(C)C2)cn1. The maximum absolute atomic E-state index is 13.4. The van der Waals surface area contributed by atoms with Crippen molar-refractivity contribution in [3.05, 3.63) is 47.8 Å². The molecule has 0 bridgehead atoms. The van der Waals surface area contributed by atoms with Crippen LogP contribution in [-0.2, 0) is 0 Å². The Morgan fingerprint density at radius 3 is 2.74 bits per heavy atom. The topological polar surface area (TPSA) is 76.6 Å². The molecule has 1 N–H and O–H groups in total. The van der Waals surface area contributed by atoms with E-state index in [4.69, 9.17) is 9.47 Å². The van der Waals surface area contributed by atoms with Crippen molar-refractivity contribution >= 4 is 17.9 Å². The van der Waals surface area contributed by atoms with Gasteiger partial charge >= 0.3 is 6.03 Å². The molecule has 2 aliphatic rings. The summed E-state index contributed by atoms with van der Waals surface area (Å²) in [6, 6.07) is 7.65. The lowest BCUT2D eigenvalue weighted by molar-refractivity contribution is -0.0498. The monoisotopic (exact) mass is 486 g/mol. The Bertz CT molecular complexity index is 1040. The van der Waals surface area contributed by atoms with Crippen molar-refractivity contribution in [1.29, 1.82) is 0 Å². The molecule has 2 heterocycles. The number of piperidine rings is 1. The Morgan fingerprint density at radius 2 is 2.06 bits per heavy atom. The molecule has 9 heteroatoms. The van der Waals surface area contributed by atoms with Crippen molar-refractivity contribution in [3.63, 3.8) is 0 Å². The summed E-state index contributed by atoms with van der Waals surface area (Å²) in [4.78, 5) is 22.6. The number of rotatable bonds is 6. The highest BCUT2D eigenvalue weighted by molar-refractivity contribution is 5.88. The fourth-order valence-corrected chi connectivity index (χ4v) is 4.51. The van der Waals surface area contributed by atoms with Gasteiger partial charge in [0, 0.05) is 25.9 Å². The number of ether oxygens (including phenoxy) is 2. The fourth-order valence-electron chi connectivity index (χ4n) is 4.51. The van der Waals surface area contributed by atoms with E-state index in [1.807, 2.05) is 24.3 Å². The number of methoxy groups -OCH3 is 1. The molecule has 7 nitrogen and oxygen atoms in total. The van der Waals surface area contributed by atoms with E-state index in [0.717, 1.165) is 17.7 Å². The summed E-state index contributed by atoms with van der Waals surface area (Å²) in [6.07, 6.45) is 6.76. The van der Waals surface area contributed by atoms with E-state index >= 15 is 0 Å². The molecule has 35 heavy (non-hydrogen) atoms. The molecule has 1 saturated carbocycles. The number of benzene rings is 1. The van der Waals surface area contributed by atoms with Crippen LogP contribution in [0.3, 0.4) is 0 Å². The third-order valence-corrected chi connectivity index (χ3v) is 6.69. The summed E-state index contributed by atoms with van der Waals surface area (Å²) in [5.41, 5.74) is 2.30. The molecule has 0 spiro atoms. The van der Waals surface area contributed by atoms with Crippen LogP contribution in [0.2, 0.25) is 0 Å². The number of nitrogens with one attached hydrogen (secondary N) is 1. The first kappa shape index (κ1) is 24.9. The summed E-state index contributed by atoms with van der Waals surface area (Å²) in [5, 5.41) is 2.78. The molecular weight excluding hydrogens is 454 g/mol. The zero-order valence-corrected chi connectivity index (χ0v) is 20.2. The summed E-state index contributed by atoms with van der Waals surface area (Å²) >= 11 is 0. The summed E-state index contributed by atoms with van der Waals surface area (Å²) < 4.78 is 37.6. The van der Waals surface area contributed by atoms with Gasteiger partial charge in [-0.1, -0.05) is 30.7 Å². The summed E-state index contributed by atoms with van der Waals surface area (Å²) in [5.74, 6) is -0.622. The molecular formula is C26H32F2N4O3. The largest absolute Gasteiger partial charge is 0.493 e. The number of hydrogen-bond acceptors (Lipinski definition) is 5. The molecule has 1 aliphatic carbocycles. The summed E-state index contributed by atoms with van der Waals surface area (Å²) in [6.45, 7) is 3.78. The quantitative estimate of drug-likeness (QED) is 0.571. The summed E-state index contributed by atoms with van der Waals surface area (Å²) in [7, 11) is 1.51. The Labute approximate surface area is 204 Å². The number of carbonyl (C=O) groups excluding carboxylic acids is 1. The number of alkyl halides is 2. The van der Waals surface area contributed by atoms with Gasteiger partial charge in [-0.2, -0.15) is 0 Å². The van der Waals surface area contributed by atoms with Gasteiger partial charge in [-0.25, -0.2) is 23.5 Å². The number of anilines is 1. The van der Waals surface area contributed by atoms with Gasteiger partial charge in [-0.05, 0) is 48.8 Å². The number of halogens is 2. The van der Waals surface area contributed by atoms with Crippen molar-refractivity contribution in [1.82, 2.24) is 14.9 Å². The molecule has 2 aromatic rings. The van der Waals surface area contributed by atoms with E-state index in [1.165, 1.54) is 25.1 Å². The molecule has 1 aliphatic heterocycles. The molecule has 2 fully saturated rings. The van der Waals surface area contributed by atoms with Crippen LogP contribution in [0.1, 0.15) is 44.6 Å². The third-order valence-electron chi connectivity index (χ3n) is 6.69. The van der Waals surface area contributed by atoms with Crippen LogP contribution in [0.15, 0.2) is 42.2 Å². The van der Waals surface area contributed by atoms with Gasteiger partial charge in [0.2, 0.25) is 11.8 Å².